The molecule has 6 heteroatoms. The van der Waals surface area contributed by atoms with Gasteiger partial charge in [-0.3, -0.25) is 4.72 Å². The van der Waals surface area contributed by atoms with Gasteiger partial charge in [0.2, 0.25) is 10.0 Å². The molecule has 0 bridgehead atoms. The molecule has 110 valence electrons. The number of hydrogen-bond donors (Lipinski definition) is 1. The van der Waals surface area contributed by atoms with Crippen molar-refractivity contribution < 1.29 is 17.9 Å². The topological polar surface area (TPSA) is 72.5 Å². The number of sulfonamides is 1. The summed E-state index contributed by atoms with van der Waals surface area (Å²) < 4.78 is 30.9. The normalized spacial score (nSPS) is 17.3. The molecule has 1 aliphatic carbocycles. The summed E-state index contributed by atoms with van der Waals surface area (Å²) >= 11 is 0. The molecule has 0 saturated carbocycles. The number of rotatable bonds is 4. The van der Waals surface area contributed by atoms with E-state index in [0.29, 0.717) is 30.7 Å². The zero-order valence-electron chi connectivity index (χ0n) is 12.1. The maximum atomic E-state index is 12.1. The summed E-state index contributed by atoms with van der Waals surface area (Å²) in [5, 5.41) is 0. The van der Waals surface area contributed by atoms with Crippen LogP contribution in [0.4, 0.5) is 0 Å². The first-order chi connectivity index (χ1) is 8.69. The van der Waals surface area contributed by atoms with Crippen LogP contribution >= 0.6 is 0 Å². The average molecular weight is 289 g/mol. The highest BCUT2D eigenvalue weighted by molar-refractivity contribution is 7.90. The number of allylic oxidation sites excluding steroid dienone is 1. The Hall–Kier alpha value is -1.04. The van der Waals surface area contributed by atoms with Gasteiger partial charge in [0, 0.05) is 5.70 Å². The minimum atomic E-state index is -3.49. The molecule has 0 heterocycles. The van der Waals surface area contributed by atoms with Crippen molar-refractivity contribution in [2.45, 2.75) is 58.1 Å². The zero-order chi connectivity index (χ0) is 14.7. The zero-order valence-corrected chi connectivity index (χ0v) is 12.9. The van der Waals surface area contributed by atoms with Gasteiger partial charge in [-0.2, -0.15) is 0 Å². The molecule has 0 unspecified atom stereocenters. The van der Waals surface area contributed by atoms with Crippen LogP contribution in [0.15, 0.2) is 11.3 Å². The van der Waals surface area contributed by atoms with Gasteiger partial charge in [0.15, 0.2) is 0 Å². The molecule has 0 atom stereocenters. The molecular formula is C13H23NO4S. The molecule has 1 rings (SSSR count). The number of ether oxygens (including phenoxy) is 1. The summed E-state index contributed by atoms with van der Waals surface area (Å²) in [6, 6.07) is 0. The number of hydrogen-bond acceptors (Lipinski definition) is 4. The lowest BCUT2D eigenvalue weighted by molar-refractivity contribution is -0.138. The van der Waals surface area contributed by atoms with Gasteiger partial charge in [-0.15, -0.1) is 0 Å². The van der Waals surface area contributed by atoms with Gasteiger partial charge in [0.05, 0.1) is 16.9 Å². The smallest absolute Gasteiger partial charge is 0.335 e. The van der Waals surface area contributed by atoms with E-state index in [1.807, 2.05) is 0 Å². The first-order valence-corrected chi connectivity index (χ1v) is 8.09. The molecule has 1 N–H and O–H groups in total. The van der Waals surface area contributed by atoms with Gasteiger partial charge in [0.25, 0.3) is 0 Å². The second-order valence-corrected chi connectivity index (χ2v) is 8.04. The van der Waals surface area contributed by atoms with Gasteiger partial charge < -0.3 is 4.74 Å². The van der Waals surface area contributed by atoms with Crippen molar-refractivity contribution in [1.29, 1.82) is 0 Å². The minimum Gasteiger partial charge on any atom is -0.463 e. The highest BCUT2D eigenvalue weighted by atomic mass is 32.2. The van der Waals surface area contributed by atoms with Crippen LogP contribution in [-0.4, -0.2) is 25.7 Å². The number of esters is 1. The van der Waals surface area contributed by atoms with E-state index in [4.69, 9.17) is 4.74 Å². The van der Waals surface area contributed by atoms with Crippen LogP contribution in [0.5, 0.6) is 0 Å². The Morgan fingerprint density at radius 2 is 1.84 bits per heavy atom. The van der Waals surface area contributed by atoms with E-state index in [0.717, 1.165) is 12.8 Å². The highest BCUT2D eigenvalue weighted by Gasteiger charge is 2.31. The van der Waals surface area contributed by atoms with Crippen LogP contribution < -0.4 is 4.72 Å². The Bertz CT molecular complexity index is 471. The molecule has 0 aromatic heterocycles. The van der Waals surface area contributed by atoms with E-state index in [-0.39, 0.29) is 0 Å². The molecule has 0 aromatic carbocycles. The lowest BCUT2D eigenvalue weighted by Gasteiger charge is -2.25. The predicted octanol–water partition coefficient (Wildman–Crippen LogP) is 2.10. The molecular weight excluding hydrogens is 266 g/mol. The van der Waals surface area contributed by atoms with E-state index in [9.17, 15) is 13.2 Å². The van der Waals surface area contributed by atoms with E-state index < -0.39 is 20.7 Å². The van der Waals surface area contributed by atoms with Gasteiger partial charge in [0.1, 0.15) is 0 Å². The maximum Gasteiger partial charge on any atom is 0.335 e. The summed E-state index contributed by atoms with van der Waals surface area (Å²) in [6.45, 7) is 6.91. The quantitative estimate of drug-likeness (QED) is 0.804. The van der Waals surface area contributed by atoms with Crippen molar-refractivity contribution >= 4 is 16.0 Å². The Kier molecular flexibility index (Phi) is 5.01. The standard InChI is InChI=1S/C13H23NO4S/c1-5-18-12(15)10-8-6-7-9-11(10)14-19(16,17)13(2,3)4/h14H,5-9H2,1-4H3. The lowest BCUT2D eigenvalue weighted by Crippen LogP contribution is -2.40. The maximum absolute atomic E-state index is 12.1. The Labute approximate surface area is 115 Å². The summed E-state index contributed by atoms with van der Waals surface area (Å²) in [7, 11) is -3.49. The van der Waals surface area contributed by atoms with Crippen molar-refractivity contribution in [3.63, 3.8) is 0 Å². The van der Waals surface area contributed by atoms with Crippen molar-refractivity contribution in [2.75, 3.05) is 6.61 Å². The molecule has 0 aliphatic heterocycles. The second-order valence-electron chi connectivity index (χ2n) is 5.60. The Morgan fingerprint density at radius 3 is 2.37 bits per heavy atom. The van der Waals surface area contributed by atoms with Crippen molar-refractivity contribution in [3.8, 4) is 0 Å². The third-order valence-corrected chi connectivity index (χ3v) is 5.18. The SMILES string of the molecule is CCOC(=O)C1=C(NS(=O)(=O)C(C)(C)C)CCCC1. The third-order valence-electron chi connectivity index (χ3n) is 3.05. The molecule has 19 heavy (non-hydrogen) atoms. The van der Waals surface area contributed by atoms with Crippen LogP contribution in [0.1, 0.15) is 53.4 Å². The van der Waals surface area contributed by atoms with Crippen LogP contribution in [0.3, 0.4) is 0 Å². The summed E-state index contributed by atoms with van der Waals surface area (Å²) in [5.41, 5.74) is 0.973. The van der Waals surface area contributed by atoms with Gasteiger partial charge in [-0.05, 0) is 53.4 Å². The first-order valence-electron chi connectivity index (χ1n) is 6.60. The van der Waals surface area contributed by atoms with Crippen LogP contribution in [0.25, 0.3) is 0 Å². The predicted molar refractivity (Wildman–Crippen MR) is 73.9 cm³/mol. The van der Waals surface area contributed by atoms with E-state index >= 15 is 0 Å². The molecule has 0 aromatic rings. The molecule has 0 saturated heterocycles. The van der Waals surface area contributed by atoms with E-state index in [1.54, 1.807) is 27.7 Å². The molecule has 0 amide bonds. The summed E-state index contributed by atoms with van der Waals surface area (Å²) in [4.78, 5) is 11.8. The van der Waals surface area contributed by atoms with Crippen LogP contribution in [-0.2, 0) is 19.6 Å². The first kappa shape index (κ1) is 16.0. The molecule has 0 radical (unpaired) electrons. The Balaban J connectivity index is 3.03. The van der Waals surface area contributed by atoms with Gasteiger partial charge in [-0.1, -0.05) is 0 Å². The molecule has 0 spiro atoms. The minimum absolute atomic E-state index is 0.293. The number of carbonyl (C=O) groups excluding carboxylic acids is 1. The average Bonchev–Trinajstić information content (AvgIpc) is 2.28. The van der Waals surface area contributed by atoms with Crippen LogP contribution in [0, 0.1) is 0 Å². The van der Waals surface area contributed by atoms with E-state index in [2.05, 4.69) is 4.72 Å². The van der Waals surface area contributed by atoms with E-state index in [1.165, 1.54) is 0 Å². The summed E-state index contributed by atoms with van der Waals surface area (Å²) in [5.74, 6) is -0.409. The van der Waals surface area contributed by atoms with Gasteiger partial charge >= 0.3 is 5.97 Å². The van der Waals surface area contributed by atoms with Crippen molar-refractivity contribution in [1.82, 2.24) is 4.72 Å². The second kappa shape index (κ2) is 5.94. The number of nitrogens with one attached hydrogen (secondary N) is 1. The molecule has 5 nitrogen and oxygen atoms in total. The molecule has 1 aliphatic rings. The van der Waals surface area contributed by atoms with Crippen LogP contribution in [0.2, 0.25) is 0 Å². The largest absolute Gasteiger partial charge is 0.463 e. The fourth-order valence-electron chi connectivity index (χ4n) is 1.78. The third kappa shape index (κ3) is 3.96. The lowest BCUT2D eigenvalue weighted by atomic mass is 9.97. The van der Waals surface area contributed by atoms with Crippen molar-refractivity contribution in [2.24, 2.45) is 0 Å². The van der Waals surface area contributed by atoms with Crippen molar-refractivity contribution in [3.05, 3.63) is 11.3 Å². The summed E-state index contributed by atoms with van der Waals surface area (Å²) in [6.07, 6.45) is 2.91. The Morgan fingerprint density at radius 1 is 1.26 bits per heavy atom. The number of carbonyl (C=O) groups is 1. The fraction of sp³-hybridized carbons (Fsp3) is 0.769. The van der Waals surface area contributed by atoms with Gasteiger partial charge in [-0.25, -0.2) is 13.2 Å². The monoisotopic (exact) mass is 289 g/mol. The molecule has 0 fully saturated rings. The fourth-order valence-corrected chi connectivity index (χ4v) is 2.63. The highest BCUT2D eigenvalue weighted by Crippen LogP contribution is 2.26.